The van der Waals surface area contributed by atoms with Crippen molar-refractivity contribution >= 4 is 5.91 Å². The van der Waals surface area contributed by atoms with Gasteiger partial charge in [-0.2, -0.15) is 0 Å². The number of rotatable bonds is 3. The average Bonchev–Trinajstić information content (AvgIpc) is 2.99. The van der Waals surface area contributed by atoms with E-state index in [2.05, 4.69) is 5.32 Å². The Balaban J connectivity index is 1.58. The summed E-state index contributed by atoms with van der Waals surface area (Å²) in [5.41, 5.74) is 0.464. The van der Waals surface area contributed by atoms with Gasteiger partial charge >= 0.3 is 0 Å². The first-order chi connectivity index (χ1) is 10.0. The zero-order valence-corrected chi connectivity index (χ0v) is 11.2. The van der Waals surface area contributed by atoms with Crippen LogP contribution in [0.5, 0.6) is 5.75 Å². The summed E-state index contributed by atoms with van der Waals surface area (Å²) in [6.45, 7) is 0.479. The van der Waals surface area contributed by atoms with Crippen molar-refractivity contribution < 1.29 is 28.9 Å². The number of phenols is 1. The quantitative estimate of drug-likeness (QED) is 0.714. The van der Waals surface area contributed by atoms with Gasteiger partial charge < -0.3 is 25.0 Å². The van der Waals surface area contributed by atoms with Gasteiger partial charge in [-0.3, -0.25) is 4.79 Å². The third-order valence-corrected chi connectivity index (χ3v) is 3.75. The molecule has 3 N–H and O–H groups in total. The van der Waals surface area contributed by atoms with E-state index in [1.54, 1.807) is 0 Å². The highest BCUT2D eigenvalue weighted by Crippen LogP contribution is 2.27. The molecule has 6 nitrogen and oxygen atoms in total. The van der Waals surface area contributed by atoms with Gasteiger partial charge in [0.2, 0.25) is 5.91 Å². The Morgan fingerprint density at radius 3 is 2.86 bits per heavy atom. The molecule has 2 heterocycles. The molecule has 3 rings (SSSR count). The van der Waals surface area contributed by atoms with Crippen LogP contribution < -0.4 is 5.32 Å². The van der Waals surface area contributed by atoms with Crippen LogP contribution in [0, 0.1) is 5.82 Å². The van der Waals surface area contributed by atoms with E-state index in [4.69, 9.17) is 14.6 Å². The van der Waals surface area contributed by atoms with Crippen LogP contribution in [0.2, 0.25) is 0 Å². The normalized spacial score (nSPS) is 31.1. The molecule has 1 amide bonds. The largest absolute Gasteiger partial charge is 0.505 e. The number of hydrogen-bond acceptors (Lipinski definition) is 5. The molecule has 2 aliphatic heterocycles. The number of aromatic hydroxyl groups is 1. The zero-order valence-electron chi connectivity index (χ0n) is 11.2. The van der Waals surface area contributed by atoms with Gasteiger partial charge in [-0.25, -0.2) is 4.39 Å². The van der Waals surface area contributed by atoms with E-state index in [0.717, 1.165) is 6.07 Å². The number of carbonyl (C=O) groups excluding carboxylic acids is 1. The number of aliphatic hydroxyl groups is 1. The molecule has 0 radical (unpaired) electrons. The van der Waals surface area contributed by atoms with E-state index in [9.17, 15) is 14.3 Å². The van der Waals surface area contributed by atoms with Crippen molar-refractivity contribution in [3.05, 3.63) is 29.6 Å². The SMILES string of the molecule is O=C(Cc1ccc(O)c(F)c1)N[C@H]1CO[C@H]2[C@@H]1OC[C@H]2O. The summed E-state index contributed by atoms with van der Waals surface area (Å²) in [6, 6.07) is 3.51. The van der Waals surface area contributed by atoms with Gasteiger partial charge in [0.25, 0.3) is 0 Å². The summed E-state index contributed by atoms with van der Waals surface area (Å²) in [5.74, 6) is -1.49. The Morgan fingerprint density at radius 1 is 1.33 bits per heavy atom. The van der Waals surface area contributed by atoms with Crippen LogP contribution in [0.1, 0.15) is 5.56 Å². The molecule has 0 spiro atoms. The molecule has 0 unspecified atom stereocenters. The smallest absolute Gasteiger partial charge is 0.224 e. The number of aliphatic hydroxyl groups excluding tert-OH is 1. The van der Waals surface area contributed by atoms with Gasteiger partial charge in [0.1, 0.15) is 18.3 Å². The Kier molecular flexibility index (Phi) is 3.79. The number of fused-ring (bicyclic) bond motifs is 1. The minimum Gasteiger partial charge on any atom is -0.505 e. The summed E-state index contributed by atoms with van der Waals surface area (Å²) in [7, 11) is 0. The first kappa shape index (κ1) is 14.2. The molecule has 7 heteroatoms. The van der Waals surface area contributed by atoms with Gasteiger partial charge in [-0.05, 0) is 17.7 Å². The number of halogens is 1. The van der Waals surface area contributed by atoms with Crippen molar-refractivity contribution in [3.8, 4) is 5.75 Å². The average molecular weight is 297 g/mol. The van der Waals surface area contributed by atoms with Crippen LogP contribution in [0.25, 0.3) is 0 Å². The fourth-order valence-electron chi connectivity index (χ4n) is 2.71. The van der Waals surface area contributed by atoms with E-state index in [0.29, 0.717) is 5.56 Å². The molecule has 21 heavy (non-hydrogen) atoms. The molecule has 0 aromatic heterocycles. The number of phenolic OH excluding ortho intramolecular Hbond substituents is 1. The molecule has 2 aliphatic rings. The summed E-state index contributed by atoms with van der Waals surface area (Å²) in [5, 5.41) is 21.5. The highest BCUT2D eigenvalue weighted by molar-refractivity contribution is 5.79. The fraction of sp³-hybridized carbons (Fsp3) is 0.500. The molecule has 114 valence electrons. The van der Waals surface area contributed by atoms with Crippen molar-refractivity contribution in [1.29, 1.82) is 0 Å². The van der Waals surface area contributed by atoms with Crippen LogP contribution in [0.4, 0.5) is 4.39 Å². The van der Waals surface area contributed by atoms with Crippen molar-refractivity contribution in [1.82, 2.24) is 5.32 Å². The van der Waals surface area contributed by atoms with Crippen molar-refractivity contribution in [2.24, 2.45) is 0 Å². The molecule has 2 fully saturated rings. The number of carbonyl (C=O) groups is 1. The van der Waals surface area contributed by atoms with Crippen LogP contribution >= 0.6 is 0 Å². The lowest BCUT2D eigenvalue weighted by Crippen LogP contribution is -2.44. The van der Waals surface area contributed by atoms with Crippen LogP contribution in [0.15, 0.2) is 18.2 Å². The minimum absolute atomic E-state index is 0.00631. The molecule has 1 aromatic carbocycles. The Bertz CT molecular complexity index is 552. The molecular formula is C14H16FNO5. The second kappa shape index (κ2) is 5.59. The lowest BCUT2D eigenvalue weighted by Gasteiger charge is -2.17. The number of benzene rings is 1. The zero-order chi connectivity index (χ0) is 15.0. The highest BCUT2D eigenvalue weighted by atomic mass is 19.1. The maximum atomic E-state index is 13.2. The maximum Gasteiger partial charge on any atom is 0.224 e. The number of amides is 1. The fourth-order valence-corrected chi connectivity index (χ4v) is 2.71. The van der Waals surface area contributed by atoms with Gasteiger partial charge in [-0.1, -0.05) is 6.07 Å². The van der Waals surface area contributed by atoms with Crippen LogP contribution in [0.3, 0.4) is 0 Å². The summed E-state index contributed by atoms with van der Waals surface area (Å²) >= 11 is 0. The van der Waals surface area contributed by atoms with Gasteiger partial charge in [0, 0.05) is 0 Å². The topological polar surface area (TPSA) is 88.0 Å². The number of hydrogen-bond donors (Lipinski definition) is 3. The molecule has 0 aliphatic carbocycles. The van der Waals surface area contributed by atoms with E-state index in [1.807, 2.05) is 0 Å². The predicted molar refractivity (Wildman–Crippen MR) is 69.2 cm³/mol. The third kappa shape index (κ3) is 2.85. The maximum absolute atomic E-state index is 13.2. The van der Waals surface area contributed by atoms with Crippen molar-refractivity contribution in [3.63, 3.8) is 0 Å². The molecule has 1 aromatic rings. The van der Waals surface area contributed by atoms with E-state index in [-0.39, 0.29) is 37.7 Å². The molecule has 0 bridgehead atoms. The first-order valence-electron chi connectivity index (χ1n) is 6.72. The Hall–Kier alpha value is -1.70. The van der Waals surface area contributed by atoms with Gasteiger partial charge in [0.05, 0.1) is 25.7 Å². The Morgan fingerprint density at radius 2 is 2.10 bits per heavy atom. The highest BCUT2D eigenvalue weighted by Gasteiger charge is 2.47. The summed E-state index contributed by atoms with van der Waals surface area (Å²) in [4.78, 5) is 12.0. The third-order valence-electron chi connectivity index (χ3n) is 3.75. The van der Waals surface area contributed by atoms with E-state index in [1.165, 1.54) is 12.1 Å². The minimum atomic E-state index is -0.758. The lowest BCUT2D eigenvalue weighted by molar-refractivity contribution is -0.121. The second-order valence-corrected chi connectivity index (χ2v) is 5.30. The summed E-state index contributed by atoms with van der Waals surface area (Å²) in [6.07, 6.45) is -1.42. The Labute approximate surface area is 120 Å². The summed E-state index contributed by atoms with van der Waals surface area (Å²) < 4.78 is 24.0. The van der Waals surface area contributed by atoms with Crippen molar-refractivity contribution in [2.75, 3.05) is 13.2 Å². The second-order valence-electron chi connectivity index (χ2n) is 5.30. The molecule has 4 atom stereocenters. The monoisotopic (exact) mass is 297 g/mol. The molecule has 2 saturated heterocycles. The predicted octanol–water partition coefficient (Wildman–Crippen LogP) is -0.283. The number of ether oxygens (including phenoxy) is 2. The lowest BCUT2D eigenvalue weighted by atomic mass is 10.1. The molecule has 0 saturated carbocycles. The van der Waals surface area contributed by atoms with Crippen molar-refractivity contribution in [2.45, 2.75) is 30.8 Å². The van der Waals surface area contributed by atoms with E-state index < -0.39 is 23.8 Å². The van der Waals surface area contributed by atoms with Gasteiger partial charge in [0.15, 0.2) is 11.6 Å². The standard InChI is InChI=1S/C14H16FNO5/c15-8-3-7(1-2-10(8)17)4-12(19)16-9-5-20-14-11(18)6-21-13(9)14/h1-3,9,11,13-14,17-18H,4-6H2,(H,16,19)/t9-,11+,13+,14+/m0/s1. The first-order valence-corrected chi connectivity index (χ1v) is 6.72. The van der Waals surface area contributed by atoms with E-state index >= 15 is 0 Å². The molecular weight excluding hydrogens is 281 g/mol. The number of nitrogens with one attached hydrogen (secondary N) is 1. The van der Waals surface area contributed by atoms with Gasteiger partial charge in [-0.15, -0.1) is 0 Å². The van der Waals surface area contributed by atoms with Crippen LogP contribution in [-0.2, 0) is 20.7 Å². The van der Waals surface area contributed by atoms with Crippen LogP contribution in [-0.4, -0.2) is 53.7 Å².